The summed E-state index contributed by atoms with van der Waals surface area (Å²) in [7, 11) is 0. The smallest absolute Gasteiger partial charge is 0.158 e. The molecule has 2 aromatic carbocycles. The molecule has 0 saturated carbocycles. The summed E-state index contributed by atoms with van der Waals surface area (Å²) in [6.07, 6.45) is 4.26. The van der Waals surface area contributed by atoms with E-state index in [1.807, 2.05) is 0 Å². The lowest BCUT2D eigenvalue weighted by molar-refractivity contribution is 0.114. The van der Waals surface area contributed by atoms with Gasteiger partial charge < -0.3 is 14.2 Å². The molecule has 3 nitrogen and oxygen atoms in total. The molecule has 3 heteroatoms. The molecule has 24 heavy (non-hydrogen) atoms. The topological polar surface area (TPSA) is 17.4 Å². The molecule has 122 valence electrons. The van der Waals surface area contributed by atoms with Crippen LogP contribution < -0.4 is 4.90 Å². The summed E-state index contributed by atoms with van der Waals surface area (Å²) >= 11 is 0. The number of anilines is 1. The Balaban J connectivity index is 1.62. The molecule has 4 rings (SSSR count). The molecule has 1 aromatic heterocycles. The van der Waals surface area contributed by atoms with E-state index in [4.69, 9.17) is 4.74 Å². The van der Waals surface area contributed by atoms with Crippen LogP contribution >= 0.6 is 0 Å². The Kier molecular flexibility index (Phi) is 3.87. The molecule has 0 spiro atoms. The average molecular weight is 318 g/mol. The zero-order chi connectivity index (χ0) is 16.5. The van der Waals surface area contributed by atoms with Crippen LogP contribution in [0.25, 0.3) is 5.69 Å². The molecular weight excluding hydrogens is 296 g/mol. The number of aryl methyl sites for hydroxylation is 2. The molecule has 1 fully saturated rings. The maximum absolute atomic E-state index is 6.03. The van der Waals surface area contributed by atoms with Gasteiger partial charge in [-0.25, -0.2) is 0 Å². The van der Waals surface area contributed by atoms with Crippen LogP contribution in [0.3, 0.4) is 0 Å². The highest BCUT2D eigenvalue weighted by Crippen LogP contribution is 2.33. The van der Waals surface area contributed by atoms with Gasteiger partial charge in [-0.2, -0.15) is 0 Å². The van der Waals surface area contributed by atoms with Crippen molar-refractivity contribution in [2.24, 2.45) is 0 Å². The Bertz CT molecular complexity index is 835. The van der Waals surface area contributed by atoms with E-state index in [-0.39, 0.29) is 6.23 Å². The lowest BCUT2D eigenvalue weighted by atomic mass is 10.2. The predicted octanol–water partition coefficient (Wildman–Crippen LogP) is 4.63. The summed E-state index contributed by atoms with van der Waals surface area (Å²) in [6, 6.07) is 19.3. The Morgan fingerprint density at radius 1 is 0.917 bits per heavy atom. The van der Waals surface area contributed by atoms with Crippen molar-refractivity contribution in [2.45, 2.75) is 20.1 Å². The van der Waals surface area contributed by atoms with Crippen LogP contribution in [-0.2, 0) is 4.74 Å². The lowest BCUT2D eigenvalue weighted by Crippen LogP contribution is -2.23. The zero-order valence-electron chi connectivity index (χ0n) is 14.1. The molecule has 1 aliphatic heterocycles. The average Bonchev–Trinajstić information content (AvgIpc) is 3.24. The Labute approximate surface area is 143 Å². The van der Waals surface area contributed by atoms with E-state index in [0.29, 0.717) is 0 Å². The molecule has 0 aliphatic carbocycles. The van der Waals surface area contributed by atoms with Crippen molar-refractivity contribution in [2.75, 3.05) is 18.1 Å². The minimum absolute atomic E-state index is 0.0153. The normalized spacial score (nSPS) is 17.4. The molecule has 3 aromatic rings. The van der Waals surface area contributed by atoms with Crippen molar-refractivity contribution in [3.8, 4) is 5.69 Å². The van der Waals surface area contributed by atoms with Gasteiger partial charge in [-0.3, -0.25) is 0 Å². The van der Waals surface area contributed by atoms with Crippen LogP contribution in [0.15, 0.2) is 67.0 Å². The van der Waals surface area contributed by atoms with Gasteiger partial charge in [0.15, 0.2) is 6.23 Å². The molecule has 0 amide bonds. The first-order valence-electron chi connectivity index (χ1n) is 8.40. The zero-order valence-corrected chi connectivity index (χ0v) is 14.1. The minimum atomic E-state index is -0.0153. The van der Waals surface area contributed by atoms with Crippen LogP contribution in [0.2, 0.25) is 0 Å². The second-order valence-corrected chi connectivity index (χ2v) is 6.44. The first-order valence-corrected chi connectivity index (χ1v) is 8.40. The number of benzene rings is 2. The van der Waals surface area contributed by atoms with Crippen LogP contribution in [0.4, 0.5) is 5.69 Å². The van der Waals surface area contributed by atoms with Gasteiger partial charge in [0, 0.05) is 35.9 Å². The number of hydrogen-bond acceptors (Lipinski definition) is 2. The van der Waals surface area contributed by atoms with E-state index in [2.05, 4.69) is 90.3 Å². The van der Waals surface area contributed by atoms with Gasteiger partial charge in [0.1, 0.15) is 0 Å². The Morgan fingerprint density at radius 3 is 2.54 bits per heavy atom. The molecular formula is C21H22N2O. The third-order valence-corrected chi connectivity index (χ3v) is 4.56. The number of nitrogens with zero attached hydrogens (tertiary/aromatic N) is 2. The molecule has 1 aliphatic rings. The Morgan fingerprint density at radius 2 is 1.75 bits per heavy atom. The van der Waals surface area contributed by atoms with Gasteiger partial charge in [-0.1, -0.05) is 29.8 Å². The highest BCUT2D eigenvalue weighted by molar-refractivity contribution is 5.51. The van der Waals surface area contributed by atoms with Crippen LogP contribution in [0.5, 0.6) is 0 Å². The Hall–Kier alpha value is -2.52. The summed E-state index contributed by atoms with van der Waals surface area (Å²) < 4.78 is 8.18. The highest BCUT2D eigenvalue weighted by Gasteiger charge is 2.27. The number of ether oxygens (including phenoxy) is 1. The van der Waals surface area contributed by atoms with Crippen LogP contribution in [0.1, 0.15) is 22.9 Å². The fourth-order valence-corrected chi connectivity index (χ4v) is 3.25. The van der Waals surface area contributed by atoms with Crippen molar-refractivity contribution in [3.05, 3.63) is 83.7 Å². The minimum Gasteiger partial charge on any atom is -0.352 e. The summed E-state index contributed by atoms with van der Waals surface area (Å²) in [5.74, 6) is 0. The van der Waals surface area contributed by atoms with Crippen molar-refractivity contribution >= 4 is 5.69 Å². The third-order valence-electron chi connectivity index (χ3n) is 4.56. The molecule has 0 unspecified atom stereocenters. The SMILES string of the molecule is Cc1ccc(-n2ccc([C@H]3OCCN3c3cccc(C)c3)c2)cc1. The van der Waals surface area contributed by atoms with Gasteiger partial charge in [0.05, 0.1) is 6.61 Å². The first-order chi connectivity index (χ1) is 11.7. The quantitative estimate of drug-likeness (QED) is 0.700. The van der Waals surface area contributed by atoms with Crippen LogP contribution in [-0.4, -0.2) is 17.7 Å². The van der Waals surface area contributed by atoms with Gasteiger partial charge in [-0.05, 0) is 49.7 Å². The maximum atomic E-state index is 6.03. The molecule has 1 atom stereocenters. The van der Waals surface area contributed by atoms with E-state index in [1.165, 1.54) is 28.1 Å². The fourth-order valence-electron chi connectivity index (χ4n) is 3.25. The van der Waals surface area contributed by atoms with Crippen molar-refractivity contribution in [3.63, 3.8) is 0 Å². The van der Waals surface area contributed by atoms with E-state index in [0.717, 1.165) is 13.2 Å². The predicted molar refractivity (Wildman–Crippen MR) is 97.7 cm³/mol. The van der Waals surface area contributed by atoms with E-state index >= 15 is 0 Å². The first kappa shape index (κ1) is 15.0. The summed E-state index contributed by atoms with van der Waals surface area (Å²) in [4.78, 5) is 2.34. The summed E-state index contributed by atoms with van der Waals surface area (Å²) in [6.45, 7) is 5.92. The number of aromatic nitrogens is 1. The number of rotatable bonds is 3. The van der Waals surface area contributed by atoms with E-state index < -0.39 is 0 Å². The second-order valence-electron chi connectivity index (χ2n) is 6.44. The van der Waals surface area contributed by atoms with Gasteiger partial charge in [0.25, 0.3) is 0 Å². The third kappa shape index (κ3) is 2.83. The van der Waals surface area contributed by atoms with E-state index in [1.54, 1.807) is 0 Å². The lowest BCUT2D eigenvalue weighted by Gasteiger charge is -2.25. The monoisotopic (exact) mass is 318 g/mol. The van der Waals surface area contributed by atoms with Crippen molar-refractivity contribution in [1.82, 2.24) is 4.57 Å². The summed E-state index contributed by atoms with van der Waals surface area (Å²) in [5.41, 5.74) is 6.13. The molecule has 2 heterocycles. The van der Waals surface area contributed by atoms with E-state index in [9.17, 15) is 0 Å². The molecule has 1 saturated heterocycles. The van der Waals surface area contributed by atoms with Crippen LogP contribution in [0, 0.1) is 13.8 Å². The maximum Gasteiger partial charge on any atom is 0.158 e. The number of hydrogen-bond donors (Lipinski definition) is 0. The highest BCUT2D eigenvalue weighted by atomic mass is 16.5. The van der Waals surface area contributed by atoms with Crippen molar-refractivity contribution in [1.29, 1.82) is 0 Å². The fraction of sp³-hybridized carbons (Fsp3) is 0.238. The standard InChI is InChI=1S/C21H22N2O/c1-16-6-8-19(9-7-16)22-11-10-18(15-22)21-23(12-13-24-21)20-5-3-4-17(2)14-20/h3-11,14-15,21H,12-13H2,1-2H3/t21-/m1/s1. The van der Waals surface area contributed by atoms with Gasteiger partial charge >= 0.3 is 0 Å². The van der Waals surface area contributed by atoms with Gasteiger partial charge in [-0.15, -0.1) is 0 Å². The molecule has 0 bridgehead atoms. The molecule has 0 N–H and O–H groups in total. The van der Waals surface area contributed by atoms with Gasteiger partial charge in [0.2, 0.25) is 0 Å². The molecule has 0 radical (unpaired) electrons. The van der Waals surface area contributed by atoms with Crippen molar-refractivity contribution < 1.29 is 4.74 Å². The second kappa shape index (κ2) is 6.17. The largest absolute Gasteiger partial charge is 0.352 e. The summed E-state index contributed by atoms with van der Waals surface area (Å²) in [5, 5.41) is 0.